The van der Waals surface area contributed by atoms with Gasteiger partial charge in [-0.2, -0.15) is 5.10 Å². The summed E-state index contributed by atoms with van der Waals surface area (Å²) in [6.07, 6.45) is 3.21. The number of hydrogen-bond acceptors (Lipinski definition) is 5. The maximum atomic E-state index is 12.9. The smallest absolute Gasteiger partial charge is 0.253 e. The van der Waals surface area contributed by atoms with Crippen molar-refractivity contribution in [1.82, 2.24) is 19.7 Å². The molecule has 1 aromatic heterocycles. The zero-order valence-corrected chi connectivity index (χ0v) is 15.5. The third kappa shape index (κ3) is 3.43. The lowest BCUT2D eigenvalue weighted by molar-refractivity contribution is 0.0758. The maximum absolute atomic E-state index is 12.9. The summed E-state index contributed by atoms with van der Waals surface area (Å²) in [5, 5.41) is 4.65. The molecule has 0 spiro atoms. The fraction of sp³-hybridized carbons (Fsp3) is 0.550. The van der Waals surface area contributed by atoms with Crippen molar-refractivity contribution >= 4 is 11.6 Å². The molecule has 1 saturated carbocycles. The van der Waals surface area contributed by atoms with E-state index in [1.165, 1.54) is 12.8 Å². The molecule has 2 aromatic rings. The van der Waals surface area contributed by atoms with Crippen LogP contribution in [-0.2, 0) is 17.7 Å². The molecule has 0 bridgehead atoms. The number of carbonyl (C=O) groups excluding carboxylic acids is 1. The third-order valence-electron chi connectivity index (χ3n) is 5.67. The molecule has 7 nitrogen and oxygen atoms in total. The van der Waals surface area contributed by atoms with Gasteiger partial charge in [0.05, 0.1) is 19.8 Å². The Hall–Kier alpha value is -2.41. The molecule has 1 aliphatic carbocycles. The number of ether oxygens (including phenoxy) is 1. The number of hydrogen-bond donors (Lipinski definition) is 0. The van der Waals surface area contributed by atoms with Crippen molar-refractivity contribution in [1.29, 1.82) is 0 Å². The van der Waals surface area contributed by atoms with Crippen LogP contribution in [0.4, 0.5) is 5.69 Å². The maximum Gasteiger partial charge on any atom is 0.253 e. The Balaban J connectivity index is 1.24. The van der Waals surface area contributed by atoms with Gasteiger partial charge in [0.1, 0.15) is 5.82 Å². The minimum atomic E-state index is 0.0942. The van der Waals surface area contributed by atoms with Gasteiger partial charge in [0.15, 0.2) is 5.82 Å². The van der Waals surface area contributed by atoms with Gasteiger partial charge < -0.3 is 14.5 Å². The van der Waals surface area contributed by atoms with Crippen LogP contribution in [0.15, 0.2) is 24.3 Å². The number of fused-ring (bicyclic) bond motifs is 1. The van der Waals surface area contributed by atoms with E-state index in [2.05, 4.69) is 10.00 Å². The lowest BCUT2D eigenvalue weighted by Gasteiger charge is -2.29. The van der Waals surface area contributed by atoms with Crippen LogP contribution in [0, 0.1) is 0 Å². The molecule has 1 amide bonds. The van der Waals surface area contributed by atoms with Gasteiger partial charge in [0, 0.05) is 49.8 Å². The van der Waals surface area contributed by atoms with Crippen LogP contribution in [-0.4, -0.2) is 65.0 Å². The monoisotopic (exact) mass is 367 g/mol. The molecule has 1 saturated heterocycles. The van der Waals surface area contributed by atoms with Crippen LogP contribution in [0.3, 0.4) is 0 Å². The molecule has 142 valence electrons. The van der Waals surface area contributed by atoms with Gasteiger partial charge in [0.25, 0.3) is 5.91 Å². The zero-order valence-electron chi connectivity index (χ0n) is 15.5. The summed E-state index contributed by atoms with van der Waals surface area (Å²) >= 11 is 0. The van der Waals surface area contributed by atoms with Crippen molar-refractivity contribution in [3.63, 3.8) is 0 Å². The Morgan fingerprint density at radius 3 is 2.52 bits per heavy atom. The molecule has 3 heterocycles. The minimum Gasteiger partial charge on any atom is -0.378 e. The average Bonchev–Trinajstić information content (AvgIpc) is 3.52. The van der Waals surface area contributed by atoms with Crippen molar-refractivity contribution in [2.24, 2.45) is 0 Å². The fourth-order valence-corrected chi connectivity index (χ4v) is 3.86. The molecule has 5 rings (SSSR count). The number of anilines is 1. The SMILES string of the molecule is O=C(c1ccc(N2CCOCC2)cc1)N1CCc2nc(C3CC3)nn2CC1. The predicted molar refractivity (Wildman–Crippen MR) is 101 cm³/mol. The summed E-state index contributed by atoms with van der Waals surface area (Å²) in [4.78, 5) is 21.9. The van der Waals surface area contributed by atoms with Gasteiger partial charge in [-0.15, -0.1) is 0 Å². The van der Waals surface area contributed by atoms with E-state index in [1.807, 2.05) is 33.8 Å². The Kier molecular flexibility index (Phi) is 4.32. The fourth-order valence-electron chi connectivity index (χ4n) is 3.86. The molecule has 0 radical (unpaired) electrons. The summed E-state index contributed by atoms with van der Waals surface area (Å²) in [6.45, 7) is 5.45. The van der Waals surface area contributed by atoms with Crippen molar-refractivity contribution in [2.75, 3.05) is 44.3 Å². The van der Waals surface area contributed by atoms with E-state index in [4.69, 9.17) is 9.72 Å². The van der Waals surface area contributed by atoms with Gasteiger partial charge in [0.2, 0.25) is 0 Å². The number of morpholine rings is 1. The van der Waals surface area contributed by atoms with Crippen LogP contribution in [0.1, 0.15) is 40.8 Å². The van der Waals surface area contributed by atoms with E-state index in [0.717, 1.165) is 62.2 Å². The molecule has 0 N–H and O–H groups in total. The van der Waals surface area contributed by atoms with E-state index < -0.39 is 0 Å². The molecule has 3 aliphatic rings. The Morgan fingerprint density at radius 1 is 1.00 bits per heavy atom. The summed E-state index contributed by atoms with van der Waals surface area (Å²) in [5.41, 5.74) is 1.90. The topological polar surface area (TPSA) is 63.5 Å². The first-order valence-corrected chi connectivity index (χ1v) is 9.93. The Labute approximate surface area is 158 Å². The second-order valence-electron chi connectivity index (χ2n) is 7.57. The molecule has 2 aliphatic heterocycles. The van der Waals surface area contributed by atoms with Crippen LogP contribution in [0.25, 0.3) is 0 Å². The number of nitrogens with zero attached hydrogens (tertiary/aromatic N) is 5. The second kappa shape index (κ2) is 6.96. The number of rotatable bonds is 3. The highest BCUT2D eigenvalue weighted by Gasteiger charge is 2.30. The quantitative estimate of drug-likeness (QED) is 0.826. The summed E-state index contributed by atoms with van der Waals surface area (Å²) in [5.74, 6) is 2.70. The number of carbonyl (C=O) groups is 1. The van der Waals surface area contributed by atoms with Crippen molar-refractivity contribution in [3.05, 3.63) is 41.5 Å². The first-order valence-electron chi connectivity index (χ1n) is 9.93. The van der Waals surface area contributed by atoms with E-state index >= 15 is 0 Å². The van der Waals surface area contributed by atoms with Gasteiger partial charge in [-0.05, 0) is 37.1 Å². The zero-order chi connectivity index (χ0) is 18.2. The first-order chi connectivity index (χ1) is 13.3. The van der Waals surface area contributed by atoms with Crippen LogP contribution >= 0.6 is 0 Å². The van der Waals surface area contributed by atoms with Crippen LogP contribution < -0.4 is 4.90 Å². The highest BCUT2D eigenvalue weighted by Crippen LogP contribution is 2.38. The van der Waals surface area contributed by atoms with Crippen LogP contribution in [0.5, 0.6) is 0 Å². The normalized spacial score (nSPS) is 20.3. The number of amides is 1. The van der Waals surface area contributed by atoms with Crippen LogP contribution in [0.2, 0.25) is 0 Å². The molecular weight excluding hydrogens is 342 g/mol. The average molecular weight is 367 g/mol. The van der Waals surface area contributed by atoms with Crippen molar-refractivity contribution < 1.29 is 9.53 Å². The predicted octanol–water partition coefficient (Wildman–Crippen LogP) is 1.69. The second-order valence-corrected chi connectivity index (χ2v) is 7.57. The Bertz CT molecular complexity index is 796. The lowest BCUT2D eigenvalue weighted by Crippen LogP contribution is -2.36. The van der Waals surface area contributed by atoms with Gasteiger partial charge in [-0.25, -0.2) is 9.67 Å². The number of benzene rings is 1. The standard InChI is InChI=1S/C20H25N5O2/c26-20(16-3-5-17(6-4-16)23-11-13-27-14-12-23)24-8-7-18-21-19(15-1-2-15)22-25(18)10-9-24/h3-6,15H,1-2,7-14H2. The molecular formula is C20H25N5O2. The van der Waals surface area contributed by atoms with E-state index in [1.54, 1.807) is 0 Å². The van der Waals surface area contributed by atoms with Crippen molar-refractivity contribution in [2.45, 2.75) is 31.7 Å². The largest absolute Gasteiger partial charge is 0.378 e. The number of aromatic nitrogens is 3. The lowest BCUT2D eigenvalue weighted by atomic mass is 10.1. The van der Waals surface area contributed by atoms with Gasteiger partial charge in [-0.1, -0.05) is 0 Å². The molecule has 0 unspecified atom stereocenters. The summed E-state index contributed by atoms with van der Waals surface area (Å²) < 4.78 is 7.41. The highest BCUT2D eigenvalue weighted by atomic mass is 16.5. The summed E-state index contributed by atoms with van der Waals surface area (Å²) in [7, 11) is 0. The molecule has 0 atom stereocenters. The highest BCUT2D eigenvalue weighted by molar-refractivity contribution is 5.94. The third-order valence-corrected chi connectivity index (χ3v) is 5.67. The van der Waals surface area contributed by atoms with E-state index in [-0.39, 0.29) is 5.91 Å². The van der Waals surface area contributed by atoms with Gasteiger partial charge >= 0.3 is 0 Å². The summed E-state index contributed by atoms with van der Waals surface area (Å²) in [6, 6.07) is 7.98. The molecule has 1 aromatic carbocycles. The molecule has 27 heavy (non-hydrogen) atoms. The first kappa shape index (κ1) is 16.7. The Morgan fingerprint density at radius 2 is 1.78 bits per heavy atom. The minimum absolute atomic E-state index is 0.0942. The van der Waals surface area contributed by atoms with Crippen molar-refractivity contribution in [3.8, 4) is 0 Å². The van der Waals surface area contributed by atoms with E-state index in [9.17, 15) is 4.79 Å². The van der Waals surface area contributed by atoms with E-state index in [0.29, 0.717) is 19.0 Å². The molecule has 2 fully saturated rings. The van der Waals surface area contributed by atoms with Gasteiger partial charge in [-0.3, -0.25) is 4.79 Å². The molecule has 7 heteroatoms.